The van der Waals surface area contributed by atoms with Crippen LogP contribution in [0.1, 0.15) is 32.4 Å². The van der Waals surface area contributed by atoms with Gasteiger partial charge < -0.3 is 5.73 Å². The SMILES string of the molecule is CCCc1c(N)nnn1CCC. The third kappa shape index (κ3) is 1.75. The summed E-state index contributed by atoms with van der Waals surface area (Å²) < 4.78 is 1.90. The molecule has 1 aromatic heterocycles. The van der Waals surface area contributed by atoms with Crippen molar-refractivity contribution in [2.75, 3.05) is 5.73 Å². The summed E-state index contributed by atoms with van der Waals surface area (Å²) in [4.78, 5) is 0. The Morgan fingerprint density at radius 2 is 2.08 bits per heavy atom. The van der Waals surface area contributed by atoms with Crippen molar-refractivity contribution in [2.24, 2.45) is 0 Å². The Morgan fingerprint density at radius 3 is 2.67 bits per heavy atom. The second kappa shape index (κ2) is 4.09. The lowest BCUT2D eigenvalue weighted by Gasteiger charge is -2.02. The van der Waals surface area contributed by atoms with Crippen LogP contribution in [0.2, 0.25) is 0 Å². The standard InChI is InChI=1S/C8H16N4/c1-3-5-7-8(9)10-11-12(7)6-4-2/h3-6,9H2,1-2H3. The highest BCUT2D eigenvalue weighted by atomic mass is 15.4. The van der Waals surface area contributed by atoms with Gasteiger partial charge in [-0.15, -0.1) is 5.10 Å². The molecule has 12 heavy (non-hydrogen) atoms. The van der Waals surface area contributed by atoms with E-state index in [9.17, 15) is 0 Å². The van der Waals surface area contributed by atoms with Crippen molar-refractivity contribution in [1.82, 2.24) is 15.0 Å². The largest absolute Gasteiger partial charge is 0.381 e. The minimum absolute atomic E-state index is 0.588. The van der Waals surface area contributed by atoms with E-state index in [1.807, 2.05) is 4.68 Å². The monoisotopic (exact) mass is 168 g/mol. The second-order valence-electron chi connectivity index (χ2n) is 2.89. The molecule has 1 rings (SSSR count). The van der Waals surface area contributed by atoms with Gasteiger partial charge in [-0.25, -0.2) is 4.68 Å². The van der Waals surface area contributed by atoms with E-state index in [-0.39, 0.29) is 0 Å². The van der Waals surface area contributed by atoms with Crippen LogP contribution in [0.15, 0.2) is 0 Å². The molecule has 0 bridgehead atoms. The molecule has 0 amide bonds. The maximum Gasteiger partial charge on any atom is 0.169 e. The highest BCUT2D eigenvalue weighted by Gasteiger charge is 2.07. The summed E-state index contributed by atoms with van der Waals surface area (Å²) in [7, 11) is 0. The molecule has 4 nitrogen and oxygen atoms in total. The summed E-state index contributed by atoms with van der Waals surface area (Å²) in [6.45, 7) is 5.16. The summed E-state index contributed by atoms with van der Waals surface area (Å²) in [6, 6.07) is 0. The summed E-state index contributed by atoms with van der Waals surface area (Å²) >= 11 is 0. The minimum atomic E-state index is 0.588. The fraction of sp³-hybridized carbons (Fsp3) is 0.750. The maximum absolute atomic E-state index is 5.66. The first-order valence-electron chi connectivity index (χ1n) is 4.47. The molecule has 0 aliphatic rings. The lowest BCUT2D eigenvalue weighted by molar-refractivity contribution is 0.552. The van der Waals surface area contributed by atoms with Crippen LogP contribution in [0, 0.1) is 0 Å². The first-order valence-corrected chi connectivity index (χ1v) is 4.47. The predicted octanol–water partition coefficient (Wildman–Crippen LogP) is 1.22. The van der Waals surface area contributed by atoms with Crippen molar-refractivity contribution in [3.05, 3.63) is 5.69 Å². The zero-order valence-electron chi connectivity index (χ0n) is 7.75. The zero-order valence-corrected chi connectivity index (χ0v) is 7.75. The Bertz CT molecular complexity index is 241. The van der Waals surface area contributed by atoms with E-state index in [1.165, 1.54) is 0 Å². The van der Waals surface area contributed by atoms with Gasteiger partial charge in [-0.3, -0.25) is 0 Å². The molecule has 0 aliphatic heterocycles. The third-order valence-electron chi connectivity index (χ3n) is 1.79. The van der Waals surface area contributed by atoms with Crippen LogP contribution < -0.4 is 5.73 Å². The van der Waals surface area contributed by atoms with E-state index in [1.54, 1.807) is 0 Å². The molecule has 0 unspecified atom stereocenters. The number of hydrogen-bond donors (Lipinski definition) is 1. The Morgan fingerprint density at radius 1 is 1.33 bits per heavy atom. The first kappa shape index (κ1) is 9.03. The molecule has 0 fully saturated rings. The van der Waals surface area contributed by atoms with Crippen LogP contribution >= 0.6 is 0 Å². The molecular formula is C8H16N4. The summed E-state index contributed by atoms with van der Waals surface area (Å²) in [5, 5.41) is 7.81. The topological polar surface area (TPSA) is 56.7 Å². The van der Waals surface area contributed by atoms with Crippen LogP contribution in [0.5, 0.6) is 0 Å². The Hall–Kier alpha value is -1.06. The third-order valence-corrected chi connectivity index (χ3v) is 1.79. The molecule has 0 radical (unpaired) electrons. The van der Waals surface area contributed by atoms with E-state index in [0.29, 0.717) is 5.82 Å². The van der Waals surface area contributed by atoms with Gasteiger partial charge >= 0.3 is 0 Å². The first-order chi connectivity index (χ1) is 5.79. The molecule has 4 heteroatoms. The van der Waals surface area contributed by atoms with Crippen molar-refractivity contribution in [3.8, 4) is 0 Å². The molecular weight excluding hydrogens is 152 g/mol. The van der Waals surface area contributed by atoms with Crippen LogP contribution in [-0.4, -0.2) is 15.0 Å². The molecule has 0 saturated carbocycles. The van der Waals surface area contributed by atoms with Gasteiger partial charge in [-0.05, 0) is 12.8 Å². The maximum atomic E-state index is 5.66. The zero-order chi connectivity index (χ0) is 8.97. The van der Waals surface area contributed by atoms with Crippen molar-refractivity contribution in [3.63, 3.8) is 0 Å². The summed E-state index contributed by atoms with van der Waals surface area (Å²) in [5.41, 5.74) is 6.75. The van der Waals surface area contributed by atoms with Crippen LogP contribution in [-0.2, 0) is 13.0 Å². The number of rotatable bonds is 4. The molecule has 1 heterocycles. The molecule has 68 valence electrons. The van der Waals surface area contributed by atoms with Crippen molar-refractivity contribution in [1.29, 1.82) is 0 Å². The quantitative estimate of drug-likeness (QED) is 0.735. The minimum Gasteiger partial charge on any atom is -0.381 e. The number of aryl methyl sites for hydroxylation is 1. The number of nitrogen functional groups attached to an aromatic ring is 1. The fourth-order valence-electron chi connectivity index (χ4n) is 1.23. The van der Waals surface area contributed by atoms with Crippen molar-refractivity contribution >= 4 is 5.82 Å². The number of anilines is 1. The van der Waals surface area contributed by atoms with Gasteiger partial charge in [0.15, 0.2) is 5.82 Å². The highest BCUT2D eigenvalue weighted by Crippen LogP contribution is 2.09. The van der Waals surface area contributed by atoms with E-state index >= 15 is 0 Å². The van der Waals surface area contributed by atoms with Crippen LogP contribution in [0.4, 0.5) is 5.82 Å². The van der Waals surface area contributed by atoms with E-state index in [4.69, 9.17) is 5.73 Å². The molecule has 0 aromatic carbocycles. The molecule has 2 N–H and O–H groups in total. The normalized spacial score (nSPS) is 10.5. The number of aromatic nitrogens is 3. The highest BCUT2D eigenvalue weighted by molar-refractivity contribution is 5.32. The smallest absolute Gasteiger partial charge is 0.169 e. The average Bonchev–Trinajstić information content (AvgIpc) is 2.37. The number of nitrogens with two attached hydrogens (primary N) is 1. The van der Waals surface area contributed by atoms with Gasteiger partial charge in [0.25, 0.3) is 0 Å². The molecule has 0 atom stereocenters. The van der Waals surface area contributed by atoms with Crippen molar-refractivity contribution in [2.45, 2.75) is 39.7 Å². The number of hydrogen-bond acceptors (Lipinski definition) is 3. The Balaban J connectivity index is 2.80. The van der Waals surface area contributed by atoms with Crippen LogP contribution in [0.25, 0.3) is 0 Å². The predicted molar refractivity (Wildman–Crippen MR) is 48.7 cm³/mol. The van der Waals surface area contributed by atoms with Gasteiger partial charge in [0.1, 0.15) is 0 Å². The van der Waals surface area contributed by atoms with E-state index in [2.05, 4.69) is 24.2 Å². The molecule has 0 saturated heterocycles. The van der Waals surface area contributed by atoms with E-state index < -0.39 is 0 Å². The van der Waals surface area contributed by atoms with Gasteiger partial charge in [-0.1, -0.05) is 25.5 Å². The van der Waals surface area contributed by atoms with Gasteiger partial charge in [0.2, 0.25) is 0 Å². The molecule has 1 aromatic rings. The van der Waals surface area contributed by atoms with Gasteiger partial charge in [0.05, 0.1) is 5.69 Å². The molecule has 0 spiro atoms. The van der Waals surface area contributed by atoms with E-state index in [0.717, 1.165) is 31.5 Å². The summed E-state index contributed by atoms with van der Waals surface area (Å²) in [5.74, 6) is 0.588. The molecule has 0 aliphatic carbocycles. The lowest BCUT2D eigenvalue weighted by Crippen LogP contribution is -2.05. The van der Waals surface area contributed by atoms with Gasteiger partial charge in [-0.2, -0.15) is 0 Å². The fourth-order valence-corrected chi connectivity index (χ4v) is 1.23. The second-order valence-corrected chi connectivity index (χ2v) is 2.89. The lowest BCUT2D eigenvalue weighted by atomic mass is 10.2. The summed E-state index contributed by atoms with van der Waals surface area (Å²) in [6.07, 6.45) is 3.12. The van der Waals surface area contributed by atoms with Crippen molar-refractivity contribution < 1.29 is 0 Å². The van der Waals surface area contributed by atoms with Gasteiger partial charge in [0, 0.05) is 6.54 Å². The Kier molecular flexibility index (Phi) is 3.08. The Labute approximate surface area is 72.8 Å². The number of nitrogens with zero attached hydrogens (tertiary/aromatic N) is 3. The average molecular weight is 168 g/mol. The van der Waals surface area contributed by atoms with Crippen LogP contribution in [0.3, 0.4) is 0 Å².